The molecule has 1 rings (SSSR count). The molecule has 0 atom stereocenters. The van der Waals surface area contributed by atoms with Gasteiger partial charge in [-0.15, -0.1) is 0 Å². The summed E-state index contributed by atoms with van der Waals surface area (Å²) in [6, 6.07) is 4.54. The standard InChI is InChI=1S/C16H19ClN2O5/c1-4-7-18-15(21)11-6-5-10(8-12(11)17)19-13(16(22)24-3)9-14(20)23-2/h5-6,8-9,19H,4,7H2,1-3H3,(H,18,21)/b13-9+. The molecule has 0 radical (unpaired) electrons. The van der Waals surface area contributed by atoms with Crippen molar-refractivity contribution in [3.05, 3.63) is 40.6 Å². The van der Waals surface area contributed by atoms with Crippen LogP contribution in [0.15, 0.2) is 30.0 Å². The van der Waals surface area contributed by atoms with Crippen LogP contribution in [0.25, 0.3) is 0 Å². The maximum Gasteiger partial charge on any atom is 0.354 e. The number of esters is 2. The zero-order valence-corrected chi connectivity index (χ0v) is 14.4. The third kappa shape index (κ3) is 5.58. The van der Waals surface area contributed by atoms with E-state index >= 15 is 0 Å². The highest BCUT2D eigenvalue weighted by molar-refractivity contribution is 6.34. The van der Waals surface area contributed by atoms with Crippen molar-refractivity contribution in [2.45, 2.75) is 13.3 Å². The quantitative estimate of drug-likeness (QED) is 0.575. The molecule has 2 N–H and O–H groups in total. The van der Waals surface area contributed by atoms with Gasteiger partial charge in [-0.05, 0) is 24.6 Å². The number of carbonyl (C=O) groups is 3. The number of benzene rings is 1. The molecular weight excluding hydrogens is 336 g/mol. The minimum atomic E-state index is -0.749. The Hall–Kier alpha value is -2.54. The van der Waals surface area contributed by atoms with Crippen LogP contribution in [0.3, 0.4) is 0 Å². The maximum absolute atomic E-state index is 11.9. The zero-order chi connectivity index (χ0) is 18.1. The molecule has 1 amide bonds. The lowest BCUT2D eigenvalue weighted by atomic mass is 10.2. The van der Waals surface area contributed by atoms with Crippen LogP contribution >= 0.6 is 11.6 Å². The second kappa shape index (κ2) is 9.57. The predicted molar refractivity (Wildman–Crippen MR) is 89.8 cm³/mol. The second-order valence-electron chi connectivity index (χ2n) is 4.65. The molecule has 7 nitrogen and oxygen atoms in total. The topological polar surface area (TPSA) is 93.7 Å². The van der Waals surface area contributed by atoms with E-state index in [9.17, 15) is 14.4 Å². The van der Waals surface area contributed by atoms with E-state index in [4.69, 9.17) is 11.6 Å². The smallest absolute Gasteiger partial charge is 0.354 e. The summed E-state index contributed by atoms with van der Waals surface area (Å²) in [5.41, 5.74) is 0.600. The summed E-state index contributed by atoms with van der Waals surface area (Å²) < 4.78 is 9.07. The number of carbonyl (C=O) groups excluding carboxylic acids is 3. The summed E-state index contributed by atoms with van der Waals surface area (Å²) in [5, 5.41) is 5.64. The molecule has 130 valence electrons. The Kier molecular flexibility index (Phi) is 7.77. The molecule has 0 spiro atoms. The highest BCUT2D eigenvalue weighted by Gasteiger charge is 2.15. The lowest BCUT2D eigenvalue weighted by molar-refractivity contribution is -0.138. The van der Waals surface area contributed by atoms with E-state index in [1.807, 2.05) is 6.92 Å². The number of hydrogen-bond acceptors (Lipinski definition) is 6. The van der Waals surface area contributed by atoms with Crippen LogP contribution in [0.2, 0.25) is 5.02 Å². The lowest BCUT2D eigenvalue weighted by Gasteiger charge is -2.11. The zero-order valence-electron chi connectivity index (χ0n) is 13.6. The molecule has 0 aromatic heterocycles. The van der Waals surface area contributed by atoms with Gasteiger partial charge in [0.25, 0.3) is 5.91 Å². The normalized spacial score (nSPS) is 10.8. The van der Waals surface area contributed by atoms with Crippen LogP contribution in [0.4, 0.5) is 5.69 Å². The molecular formula is C16H19ClN2O5. The van der Waals surface area contributed by atoms with Crippen molar-refractivity contribution in [2.75, 3.05) is 26.1 Å². The minimum absolute atomic E-state index is 0.122. The molecule has 0 fully saturated rings. The number of ether oxygens (including phenoxy) is 2. The van der Waals surface area contributed by atoms with Crippen molar-refractivity contribution < 1.29 is 23.9 Å². The van der Waals surface area contributed by atoms with Gasteiger partial charge in [-0.25, -0.2) is 9.59 Å². The fourth-order valence-electron chi connectivity index (χ4n) is 1.70. The van der Waals surface area contributed by atoms with Crippen LogP contribution in [0.1, 0.15) is 23.7 Å². The minimum Gasteiger partial charge on any atom is -0.466 e. The molecule has 0 aliphatic rings. The van der Waals surface area contributed by atoms with E-state index in [2.05, 4.69) is 20.1 Å². The van der Waals surface area contributed by atoms with Crippen molar-refractivity contribution in [1.29, 1.82) is 0 Å². The molecule has 0 heterocycles. The molecule has 0 saturated heterocycles. The third-order valence-corrected chi connectivity index (χ3v) is 3.21. The number of nitrogens with one attached hydrogen (secondary N) is 2. The Bertz CT molecular complexity index is 658. The molecule has 0 unspecified atom stereocenters. The number of amides is 1. The molecule has 1 aromatic carbocycles. The summed E-state index contributed by atoms with van der Waals surface area (Å²) in [6.07, 6.45) is 1.77. The van der Waals surface area contributed by atoms with Crippen LogP contribution in [-0.4, -0.2) is 38.6 Å². The highest BCUT2D eigenvalue weighted by atomic mass is 35.5. The lowest BCUT2D eigenvalue weighted by Crippen LogP contribution is -2.24. The van der Waals surface area contributed by atoms with Gasteiger partial charge >= 0.3 is 11.9 Å². The van der Waals surface area contributed by atoms with Gasteiger partial charge in [0.05, 0.1) is 30.9 Å². The van der Waals surface area contributed by atoms with Gasteiger partial charge in [0.15, 0.2) is 0 Å². The monoisotopic (exact) mass is 354 g/mol. The highest BCUT2D eigenvalue weighted by Crippen LogP contribution is 2.22. The molecule has 24 heavy (non-hydrogen) atoms. The van der Waals surface area contributed by atoms with E-state index in [1.54, 1.807) is 6.07 Å². The molecule has 0 aliphatic carbocycles. The van der Waals surface area contributed by atoms with E-state index in [0.29, 0.717) is 17.8 Å². The Balaban J connectivity index is 2.99. The van der Waals surface area contributed by atoms with Crippen molar-refractivity contribution in [3.63, 3.8) is 0 Å². The number of methoxy groups -OCH3 is 2. The van der Waals surface area contributed by atoms with Gasteiger partial charge in [0.1, 0.15) is 5.70 Å². The average molecular weight is 355 g/mol. The summed E-state index contributed by atoms with van der Waals surface area (Å²) in [5.74, 6) is -1.75. The van der Waals surface area contributed by atoms with Gasteiger partial charge in [0, 0.05) is 12.2 Å². The Morgan fingerprint density at radius 1 is 1.21 bits per heavy atom. The maximum atomic E-state index is 11.9. The van der Waals surface area contributed by atoms with Crippen molar-refractivity contribution in [2.24, 2.45) is 0 Å². The molecule has 0 saturated carbocycles. The average Bonchev–Trinajstić information content (AvgIpc) is 2.58. The van der Waals surface area contributed by atoms with Gasteiger partial charge in [-0.2, -0.15) is 0 Å². The number of hydrogen-bond donors (Lipinski definition) is 2. The third-order valence-electron chi connectivity index (χ3n) is 2.90. The molecule has 0 bridgehead atoms. The summed E-state index contributed by atoms with van der Waals surface area (Å²) in [7, 11) is 2.37. The van der Waals surface area contributed by atoms with Crippen LogP contribution in [-0.2, 0) is 19.1 Å². The van der Waals surface area contributed by atoms with Gasteiger partial charge < -0.3 is 20.1 Å². The first-order chi connectivity index (χ1) is 11.4. The first-order valence-electron chi connectivity index (χ1n) is 7.15. The SMILES string of the molecule is CCCNC(=O)c1ccc(N/C(=C/C(=O)OC)C(=O)OC)cc1Cl. The largest absolute Gasteiger partial charge is 0.466 e. The van der Waals surface area contributed by atoms with E-state index < -0.39 is 11.9 Å². The van der Waals surface area contributed by atoms with Crippen LogP contribution in [0, 0.1) is 0 Å². The Labute approximate surface area is 145 Å². The van der Waals surface area contributed by atoms with E-state index in [-0.39, 0.29) is 16.6 Å². The summed E-state index contributed by atoms with van der Waals surface area (Å²) in [4.78, 5) is 34.9. The molecule has 0 aliphatic heterocycles. The molecule has 8 heteroatoms. The van der Waals surface area contributed by atoms with Crippen LogP contribution in [0.5, 0.6) is 0 Å². The van der Waals surface area contributed by atoms with Crippen molar-refractivity contribution >= 4 is 35.1 Å². The molecule has 1 aromatic rings. The number of anilines is 1. The van der Waals surface area contributed by atoms with E-state index in [0.717, 1.165) is 12.5 Å². The number of halogens is 1. The van der Waals surface area contributed by atoms with E-state index in [1.165, 1.54) is 26.4 Å². The van der Waals surface area contributed by atoms with Crippen molar-refractivity contribution in [1.82, 2.24) is 5.32 Å². The predicted octanol–water partition coefficient (Wildman–Crippen LogP) is 2.12. The Morgan fingerprint density at radius 3 is 2.46 bits per heavy atom. The van der Waals surface area contributed by atoms with Gasteiger partial charge in [-0.1, -0.05) is 18.5 Å². The first kappa shape index (κ1) is 19.5. The van der Waals surface area contributed by atoms with Crippen molar-refractivity contribution in [3.8, 4) is 0 Å². The van der Waals surface area contributed by atoms with Crippen LogP contribution < -0.4 is 10.6 Å². The fraction of sp³-hybridized carbons (Fsp3) is 0.312. The number of rotatable bonds is 7. The van der Waals surface area contributed by atoms with Gasteiger partial charge in [-0.3, -0.25) is 4.79 Å². The Morgan fingerprint density at radius 2 is 1.92 bits per heavy atom. The summed E-state index contributed by atoms with van der Waals surface area (Å²) >= 11 is 6.11. The fourth-order valence-corrected chi connectivity index (χ4v) is 1.97. The van der Waals surface area contributed by atoms with Gasteiger partial charge in [0.2, 0.25) is 0 Å². The summed E-state index contributed by atoms with van der Waals surface area (Å²) in [6.45, 7) is 2.49. The second-order valence-corrected chi connectivity index (χ2v) is 5.06. The first-order valence-corrected chi connectivity index (χ1v) is 7.53.